The molecule has 0 bridgehead atoms. The summed E-state index contributed by atoms with van der Waals surface area (Å²) >= 11 is 0. The zero-order valence-corrected chi connectivity index (χ0v) is 10.5. The van der Waals surface area contributed by atoms with E-state index >= 15 is 0 Å². The molecule has 1 atom stereocenters. The Morgan fingerprint density at radius 1 is 1.32 bits per heavy atom. The van der Waals surface area contributed by atoms with Crippen LogP contribution >= 0.6 is 0 Å². The minimum absolute atomic E-state index is 0.207. The normalized spacial score (nSPS) is 12.7. The number of hydrogen-bond donors (Lipinski definition) is 2. The van der Waals surface area contributed by atoms with E-state index in [-0.39, 0.29) is 6.04 Å². The van der Waals surface area contributed by atoms with Crippen LogP contribution in [0.25, 0.3) is 10.8 Å². The van der Waals surface area contributed by atoms with Crippen molar-refractivity contribution < 1.29 is 0 Å². The van der Waals surface area contributed by atoms with Gasteiger partial charge in [0.05, 0.1) is 12.2 Å². The lowest BCUT2D eigenvalue weighted by atomic mass is 9.99. The molecule has 3 rings (SSSR count). The Morgan fingerprint density at radius 3 is 2.95 bits per heavy atom. The van der Waals surface area contributed by atoms with Gasteiger partial charge in [0.25, 0.3) is 0 Å². The molecule has 1 aromatic carbocycles. The molecule has 2 aromatic heterocycles. The standard InChI is InChI=1S/C13H14N6/c1-19-8-12(17-18-19)13(16-14)10-4-2-3-9-5-6-15-7-11(9)10/h2-8,13,16H,14H2,1H3. The van der Waals surface area contributed by atoms with Gasteiger partial charge in [0.2, 0.25) is 0 Å². The molecule has 0 aliphatic heterocycles. The number of hydrogen-bond acceptors (Lipinski definition) is 5. The van der Waals surface area contributed by atoms with Gasteiger partial charge in [0.1, 0.15) is 5.69 Å². The van der Waals surface area contributed by atoms with E-state index in [1.807, 2.05) is 43.7 Å². The van der Waals surface area contributed by atoms with Gasteiger partial charge in [-0.15, -0.1) is 5.10 Å². The maximum Gasteiger partial charge on any atom is 0.105 e. The van der Waals surface area contributed by atoms with Crippen molar-refractivity contribution in [1.29, 1.82) is 0 Å². The third kappa shape index (κ3) is 2.07. The van der Waals surface area contributed by atoms with Crippen molar-refractivity contribution in [3.63, 3.8) is 0 Å². The van der Waals surface area contributed by atoms with E-state index in [0.29, 0.717) is 0 Å². The molecule has 6 nitrogen and oxygen atoms in total. The predicted octanol–water partition coefficient (Wildman–Crippen LogP) is 0.916. The van der Waals surface area contributed by atoms with Crippen LogP contribution in [0.5, 0.6) is 0 Å². The lowest BCUT2D eigenvalue weighted by Gasteiger charge is -2.15. The second-order valence-electron chi connectivity index (χ2n) is 4.36. The number of hydrazine groups is 1. The molecule has 96 valence electrons. The number of nitrogens with two attached hydrogens (primary N) is 1. The van der Waals surface area contributed by atoms with Crippen LogP contribution in [0.4, 0.5) is 0 Å². The lowest BCUT2D eigenvalue weighted by molar-refractivity contribution is 0.621. The Kier molecular flexibility index (Phi) is 2.94. The third-order valence-electron chi connectivity index (χ3n) is 3.11. The van der Waals surface area contributed by atoms with Crippen molar-refractivity contribution in [1.82, 2.24) is 25.4 Å². The fraction of sp³-hybridized carbons (Fsp3) is 0.154. The van der Waals surface area contributed by atoms with Gasteiger partial charge < -0.3 is 0 Å². The highest BCUT2D eigenvalue weighted by Gasteiger charge is 2.18. The lowest BCUT2D eigenvalue weighted by Crippen LogP contribution is -2.29. The maximum atomic E-state index is 5.69. The van der Waals surface area contributed by atoms with Crippen LogP contribution in [0.15, 0.2) is 42.9 Å². The van der Waals surface area contributed by atoms with Gasteiger partial charge in [-0.25, -0.2) is 5.43 Å². The molecule has 0 radical (unpaired) electrons. The van der Waals surface area contributed by atoms with Gasteiger partial charge in [-0.2, -0.15) is 0 Å². The summed E-state index contributed by atoms with van der Waals surface area (Å²) in [5.74, 6) is 5.69. The van der Waals surface area contributed by atoms with Crippen molar-refractivity contribution in [2.75, 3.05) is 0 Å². The summed E-state index contributed by atoms with van der Waals surface area (Å²) in [6.07, 6.45) is 5.46. The first-order valence-corrected chi connectivity index (χ1v) is 5.94. The fourth-order valence-electron chi connectivity index (χ4n) is 2.22. The number of rotatable bonds is 3. The first-order chi connectivity index (χ1) is 9.29. The highest BCUT2D eigenvalue weighted by Crippen LogP contribution is 2.26. The molecular formula is C13H14N6. The van der Waals surface area contributed by atoms with Gasteiger partial charge in [0, 0.05) is 24.8 Å². The Hall–Kier alpha value is -2.31. The summed E-state index contributed by atoms with van der Waals surface area (Å²) in [6.45, 7) is 0. The molecule has 0 saturated carbocycles. The summed E-state index contributed by atoms with van der Waals surface area (Å²) < 4.78 is 1.66. The van der Waals surface area contributed by atoms with Crippen LogP contribution in [0.2, 0.25) is 0 Å². The van der Waals surface area contributed by atoms with Crippen LogP contribution in [0.1, 0.15) is 17.3 Å². The number of aromatic nitrogens is 4. The quantitative estimate of drug-likeness (QED) is 0.536. The van der Waals surface area contributed by atoms with E-state index in [0.717, 1.165) is 22.0 Å². The van der Waals surface area contributed by atoms with Crippen molar-refractivity contribution in [2.24, 2.45) is 12.9 Å². The summed E-state index contributed by atoms with van der Waals surface area (Å²) in [5.41, 5.74) is 4.61. The topological polar surface area (TPSA) is 81.7 Å². The van der Waals surface area contributed by atoms with Gasteiger partial charge in [-0.05, 0) is 17.0 Å². The smallest absolute Gasteiger partial charge is 0.105 e. The Balaban J connectivity index is 2.16. The molecule has 0 aliphatic carbocycles. The van der Waals surface area contributed by atoms with E-state index in [1.54, 1.807) is 10.9 Å². The fourth-order valence-corrected chi connectivity index (χ4v) is 2.22. The van der Waals surface area contributed by atoms with Crippen molar-refractivity contribution in [3.05, 3.63) is 54.1 Å². The molecule has 0 amide bonds. The summed E-state index contributed by atoms with van der Waals surface area (Å²) in [4.78, 5) is 4.18. The Morgan fingerprint density at radius 2 is 2.21 bits per heavy atom. The minimum atomic E-state index is -0.207. The van der Waals surface area contributed by atoms with E-state index in [9.17, 15) is 0 Å². The minimum Gasteiger partial charge on any atom is -0.271 e. The zero-order valence-electron chi connectivity index (χ0n) is 10.5. The second-order valence-corrected chi connectivity index (χ2v) is 4.36. The number of benzene rings is 1. The number of aryl methyl sites for hydroxylation is 1. The first kappa shape index (κ1) is 11.8. The first-order valence-electron chi connectivity index (χ1n) is 5.94. The average molecular weight is 254 g/mol. The highest BCUT2D eigenvalue weighted by atomic mass is 15.4. The van der Waals surface area contributed by atoms with Gasteiger partial charge >= 0.3 is 0 Å². The van der Waals surface area contributed by atoms with Gasteiger partial charge in [0.15, 0.2) is 0 Å². The van der Waals surface area contributed by atoms with E-state index in [4.69, 9.17) is 5.84 Å². The third-order valence-corrected chi connectivity index (χ3v) is 3.11. The van der Waals surface area contributed by atoms with Gasteiger partial charge in [-0.1, -0.05) is 23.4 Å². The molecule has 0 spiro atoms. The molecule has 6 heteroatoms. The molecule has 1 unspecified atom stereocenters. The van der Waals surface area contributed by atoms with Crippen LogP contribution in [-0.4, -0.2) is 20.0 Å². The summed E-state index contributed by atoms with van der Waals surface area (Å²) in [5, 5.41) is 10.2. The average Bonchev–Trinajstić information content (AvgIpc) is 2.86. The van der Waals surface area contributed by atoms with E-state index < -0.39 is 0 Å². The summed E-state index contributed by atoms with van der Waals surface area (Å²) in [7, 11) is 1.83. The van der Waals surface area contributed by atoms with Crippen LogP contribution in [-0.2, 0) is 7.05 Å². The molecule has 0 aliphatic rings. The molecule has 0 fully saturated rings. The molecule has 0 saturated heterocycles. The number of nitrogens with zero attached hydrogens (tertiary/aromatic N) is 4. The van der Waals surface area contributed by atoms with Crippen LogP contribution < -0.4 is 11.3 Å². The maximum absolute atomic E-state index is 5.69. The zero-order chi connectivity index (χ0) is 13.2. The largest absolute Gasteiger partial charge is 0.271 e. The van der Waals surface area contributed by atoms with Crippen LogP contribution in [0, 0.1) is 0 Å². The number of fused-ring (bicyclic) bond motifs is 1. The molecule has 2 heterocycles. The predicted molar refractivity (Wildman–Crippen MR) is 71.9 cm³/mol. The molecule has 3 N–H and O–H groups in total. The monoisotopic (exact) mass is 254 g/mol. The van der Waals surface area contributed by atoms with E-state index in [2.05, 4.69) is 20.7 Å². The van der Waals surface area contributed by atoms with Crippen molar-refractivity contribution >= 4 is 10.8 Å². The molecular weight excluding hydrogens is 240 g/mol. The highest BCUT2D eigenvalue weighted by molar-refractivity contribution is 5.85. The van der Waals surface area contributed by atoms with Gasteiger partial charge in [-0.3, -0.25) is 15.5 Å². The van der Waals surface area contributed by atoms with Crippen molar-refractivity contribution in [3.8, 4) is 0 Å². The van der Waals surface area contributed by atoms with E-state index in [1.165, 1.54) is 0 Å². The Bertz CT molecular complexity index is 700. The number of nitrogens with one attached hydrogen (secondary N) is 1. The van der Waals surface area contributed by atoms with Crippen LogP contribution in [0.3, 0.4) is 0 Å². The van der Waals surface area contributed by atoms with Crippen molar-refractivity contribution in [2.45, 2.75) is 6.04 Å². The number of pyridine rings is 1. The Labute approximate surface area is 110 Å². The summed E-state index contributed by atoms with van der Waals surface area (Å²) in [6, 6.07) is 7.83. The second kappa shape index (κ2) is 4.75. The SMILES string of the molecule is Cn1cc(C(NN)c2cccc3ccncc23)nn1. The molecule has 19 heavy (non-hydrogen) atoms. The molecule has 3 aromatic rings.